The molecule has 1 aromatic carbocycles. The average molecular weight is 396 g/mol. The molecule has 5 nitrogen and oxygen atoms in total. The molecule has 6 heteroatoms. The molecule has 0 aromatic heterocycles. The van der Waals surface area contributed by atoms with Gasteiger partial charge in [0, 0.05) is 6.42 Å². The maximum atomic E-state index is 12.3. The van der Waals surface area contributed by atoms with Crippen molar-refractivity contribution < 1.29 is 18.8 Å². The summed E-state index contributed by atoms with van der Waals surface area (Å²) in [6, 6.07) is 6.01. The van der Waals surface area contributed by atoms with Gasteiger partial charge in [-0.1, -0.05) is 49.8 Å². The van der Waals surface area contributed by atoms with Crippen LogP contribution < -0.4 is 9.47 Å². The summed E-state index contributed by atoms with van der Waals surface area (Å²) in [6.07, 6.45) is 9.81. The van der Waals surface area contributed by atoms with Crippen LogP contribution in [-0.2, 0) is 22.3 Å². The van der Waals surface area contributed by atoms with E-state index < -0.39 is 11.2 Å². The van der Waals surface area contributed by atoms with Gasteiger partial charge in [-0.25, -0.2) is 0 Å². The molecule has 1 aromatic rings. The monoisotopic (exact) mass is 395 g/mol. The first-order chi connectivity index (χ1) is 13.2. The minimum absolute atomic E-state index is 0.191. The molecular weight excluding hydrogens is 362 g/mol. The van der Waals surface area contributed by atoms with Gasteiger partial charge in [-0.2, -0.15) is 0 Å². The van der Waals surface area contributed by atoms with E-state index in [9.17, 15) is 4.55 Å². The lowest BCUT2D eigenvalue weighted by Crippen LogP contribution is -2.23. The van der Waals surface area contributed by atoms with Gasteiger partial charge in [-0.05, 0) is 37.5 Å². The minimum Gasteiger partial charge on any atom is -0.616 e. The van der Waals surface area contributed by atoms with Crippen molar-refractivity contribution in [1.29, 1.82) is 0 Å². The Kier molecular flexibility index (Phi) is 10.5. The van der Waals surface area contributed by atoms with Crippen LogP contribution in [0.4, 0.5) is 0 Å². The highest BCUT2D eigenvalue weighted by atomic mass is 32.2. The van der Waals surface area contributed by atoms with Crippen molar-refractivity contribution in [2.75, 3.05) is 25.7 Å². The summed E-state index contributed by atoms with van der Waals surface area (Å²) in [5.74, 6) is 2.45. The standard InChI is InChI=1S/C18H28O3S.C3H5NO/c1-3-4-5-6-7-8-11-22(19)15(2)12-16-9-10-17-18(13-16)21-14-20-17;1-2-5-3-4-1/h9-10,13,15H,3-8,11-12,14H2,1-2H3;3H,1-2H2. The third-order valence-electron chi connectivity index (χ3n) is 4.60. The first-order valence-corrected chi connectivity index (χ1v) is 11.4. The fourth-order valence-electron chi connectivity index (χ4n) is 2.98. The Morgan fingerprint density at radius 2 is 1.89 bits per heavy atom. The molecule has 2 aliphatic heterocycles. The number of nitrogens with zero attached hydrogens (tertiary/aromatic N) is 1. The smallest absolute Gasteiger partial charge is 0.231 e. The number of aliphatic imine (C=N–C) groups is 1. The van der Waals surface area contributed by atoms with Crippen molar-refractivity contribution in [3.63, 3.8) is 0 Å². The normalized spacial score (nSPS) is 16.4. The fraction of sp³-hybridized carbons (Fsp3) is 0.667. The Bertz CT molecular complexity index is 561. The summed E-state index contributed by atoms with van der Waals surface area (Å²) in [7, 11) is 0. The summed E-state index contributed by atoms with van der Waals surface area (Å²) >= 11 is -0.743. The van der Waals surface area contributed by atoms with Crippen LogP contribution in [-0.4, -0.2) is 41.9 Å². The Hall–Kier alpha value is -1.40. The van der Waals surface area contributed by atoms with Crippen molar-refractivity contribution in [1.82, 2.24) is 0 Å². The zero-order chi connectivity index (χ0) is 19.3. The van der Waals surface area contributed by atoms with Crippen LogP contribution in [0.25, 0.3) is 0 Å². The zero-order valence-electron chi connectivity index (χ0n) is 16.7. The van der Waals surface area contributed by atoms with Crippen LogP contribution in [0.2, 0.25) is 0 Å². The maximum absolute atomic E-state index is 12.3. The van der Waals surface area contributed by atoms with Crippen LogP contribution in [0.15, 0.2) is 23.2 Å². The van der Waals surface area contributed by atoms with E-state index in [0.717, 1.165) is 43.2 Å². The number of hydrogen-bond acceptors (Lipinski definition) is 5. The molecule has 0 aliphatic carbocycles. The highest BCUT2D eigenvalue weighted by Gasteiger charge is 2.19. The Morgan fingerprint density at radius 1 is 1.11 bits per heavy atom. The second-order valence-corrected chi connectivity index (χ2v) is 8.91. The average Bonchev–Trinajstić information content (AvgIpc) is 3.38. The largest absolute Gasteiger partial charge is 0.616 e. The molecule has 2 unspecified atom stereocenters. The van der Waals surface area contributed by atoms with Crippen LogP contribution in [0, 0.1) is 0 Å². The van der Waals surface area contributed by atoms with E-state index in [2.05, 4.69) is 23.6 Å². The predicted octanol–water partition coefficient (Wildman–Crippen LogP) is 4.50. The molecule has 0 spiro atoms. The van der Waals surface area contributed by atoms with E-state index >= 15 is 0 Å². The van der Waals surface area contributed by atoms with Gasteiger partial charge >= 0.3 is 0 Å². The molecule has 2 heterocycles. The van der Waals surface area contributed by atoms with Gasteiger partial charge in [0.25, 0.3) is 0 Å². The van der Waals surface area contributed by atoms with E-state index in [1.54, 1.807) is 0 Å². The highest BCUT2D eigenvalue weighted by Crippen LogP contribution is 2.33. The molecule has 0 fully saturated rings. The number of hydrogen-bond donors (Lipinski definition) is 0. The number of rotatable bonds is 10. The van der Waals surface area contributed by atoms with Gasteiger partial charge in [-0.15, -0.1) is 0 Å². The summed E-state index contributed by atoms with van der Waals surface area (Å²) in [5, 5.41) is 0.191. The number of unbranched alkanes of at least 4 members (excludes halogenated alkanes) is 5. The van der Waals surface area contributed by atoms with Crippen molar-refractivity contribution >= 4 is 17.6 Å². The van der Waals surface area contributed by atoms with Gasteiger partial charge in [0.2, 0.25) is 6.79 Å². The third-order valence-corrected chi connectivity index (χ3v) is 6.35. The quantitative estimate of drug-likeness (QED) is 0.432. The molecule has 152 valence electrons. The first-order valence-electron chi connectivity index (χ1n) is 10.1. The lowest BCUT2D eigenvalue weighted by atomic mass is 10.1. The SMILES string of the molecule is C1=NCCO1.CCCCCCCC[S+]([O-])C(C)Cc1ccc2c(c1)OCO2. The Labute approximate surface area is 166 Å². The molecule has 3 rings (SSSR count). The van der Waals surface area contributed by atoms with Gasteiger partial charge in [-0.3, -0.25) is 4.99 Å². The lowest BCUT2D eigenvalue weighted by Gasteiger charge is -2.18. The molecule has 0 amide bonds. The number of benzene rings is 1. The van der Waals surface area contributed by atoms with Gasteiger partial charge in [0.05, 0.1) is 6.54 Å². The van der Waals surface area contributed by atoms with E-state index in [-0.39, 0.29) is 5.25 Å². The van der Waals surface area contributed by atoms with E-state index in [0.29, 0.717) is 6.79 Å². The summed E-state index contributed by atoms with van der Waals surface area (Å²) < 4.78 is 27.7. The van der Waals surface area contributed by atoms with Gasteiger partial charge in [0.1, 0.15) is 17.6 Å². The molecule has 0 radical (unpaired) electrons. The molecule has 27 heavy (non-hydrogen) atoms. The minimum atomic E-state index is -0.743. The van der Waals surface area contributed by atoms with E-state index in [4.69, 9.17) is 9.47 Å². The van der Waals surface area contributed by atoms with Crippen LogP contribution >= 0.6 is 0 Å². The van der Waals surface area contributed by atoms with Crippen LogP contribution in [0.3, 0.4) is 0 Å². The number of ether oxygens (including phenoxy) is 3. The Morgan fingerprint density at radius 3 is 2.59 bits per heavy atom. The van der Waals surface area contributed by atoms with E-state index in [1.807, 2.05) is 18.2 Å². The summed E-state index contributed by atoms with van der Waals surface area (Å²) in [4.78, 5) is 3.74. The molecule has 2 atom stereocenters. The second kappa shape index (κ2) is 12.9. The molecule has 0 saturated carbocycles. The van der Waals surface area contributed by atoms with Crippen LogP contribution in [0.5, 0.6) is 11.5 Å². The summed E-state index contributed by atoms with van der Waals surface area (Å²) in [5.41, 5.74) is 1.17. The first kappa shape index (κ1) is 21.9. The van der Waals surface area contributed by atoms with Crippen molar-refractivity contribution in [3.05, 3.63) is 23.8 Å². The topological polar surface area (TPSA) is 63.1 Å². The number of fused-ring (bicyclic) bond motifs is 1. The lowest BCUT2D eigenvalue weighted by molar-refractivity contribution is 0.174. The second-order valence-electron chi connectivity index (χ2n) is 6.94. The highest BCUT2D eigenvalue weighted by molar-refractivity contribution is 7.91. The van der Waals surface area contributed by atoms with Crippen molar-refractivity contribution in [2.24, 2.45) is 4.99 Å². The predicted molar refractivity (Wildman–Crippen MR) is 111 cm³/mol. The van der Waals surface area contributed by atoms with Crippen molar-refractivity contribution in [3.8, 4) is 11.5 Å². The Balaban J connectivity index is 0.000000451. The van der Waals surface area contributed by atoms with Crippen LogP contribution in [0.1, 0.15) is 57.9 Å². The third kappa shape index (κ3) is 8.43. The molecular formula is C21H33NO4S. The van der Waals surface area contributed by atoms with Gasteiger partial charge < -0.3 is 18.8 Å². The molecule has 0 bridgehead atoms. The zero-order valence-corrected chi connectivity index (χ0v) is 17.5. The molecule has 0 saturated heterocycles. The van der Waals surface area contributed by atoms with Crippen molar-refractivity contribution in [2.45, 2.75) is 64.0 Å². The summed E-state index contributed by atoms with van der Waals surface area (Å²) in [6.45, 7) is 6.24. The molecule has 2 aliphatic rings. The maximum Gasteiger partial charge on any atom is 0.231 e. The molecule has 0 N–H and O–H groups in total. The van der Waals surface area contributed by atoms with E-state index in [1.165, 1.54) is 44.1 Å². The van der Waals surface area contributed by atoms with Gasteiger partial charge in [0.15, 0.2) is 17.9 Å². The fourth-order valence-corrected chi connectivity index (χ4v) is 4.25.